The van der Waals surface area contributed by atoms with Crippen LogP contribution in [0.25, 0.3) is 0 Å². The molecule has 1 rings (SSSR count). The summed E-state index contributed by atoms with van der Waals surface area (Å²) >= 11 is 0. The third-order valence-corrected chi connectivity index (χ3v) is 2.29. The SMILES string of the molecule is CCCC(CO)c1ccccc1N. The number of aliphatic hydroxyl groups is 1. The summed E-state index contributed by atoms with van der Waals surface area (Å²) in [6, 6.07) is 7.75. The molecule has 72 valence electrons. The van der Waals surface area contributed by atoms with Gasteiger partial charge >= 0.3 is 0 Å². The molecule has 3 N–H and O–H groups in total. The predicted molar refractivity (Wildman–Crippen MR) is 55.6 cm³/mol. The Morgan fingerprint density at radius 3 is 2.62 bits per heavy atom. The number of hydrogen-bond acceptors (Lipinski definition) is 2. The Balaban J connectivity index is 2.84. The Kier molecular flexibility index (Phi) is 3.77. The molecular weight excluding hydrogens is 162 g/mol. The first-order chi connectivity index (χ1) is 6.29. The van der Waals surface area contributed by atoms with Crippen LogP contribution in [-0.2, 0) is 0 Å². The quantitative estimate of drug-likeness (QED) is 0.696. The van der Waals surface area contributed by atoms with Gasteiger partial charge in [0.25, 0.3) is 0 Å². The third-order valence-electron chi connectivity index (χ3n) is 2.29. The van der Waals surface area contributed by atoms with Crippen molar-refractivity contribution in [3.8, 4) is 0 Å². The number of benzene rings is 1. The molecule has 0 aromatic heterocycles. The minimum absolute atomic E-state index is 0.183. The fourth-order valence-corrected chi connectivity index (χ4v) is 1.58. The predicted octanol–water partition coefficient (Wildman–Crippen LogP) is 2.14. The molecule has 0 bridgehead atoms. The van der Waals surface area contributed by atoms with Crippen molar-refractivity contribution in [3.63, 3.8) is 0 Å². The molecule has 0 saturated carbocycles. The summed E-state index contributed by atoms with van der Waals surface area (Å²) < 4.78 is 0. The first kappa shape index (κ1) is 10.1. The monoisotopic (exact) mass is 179 g/mol. The maximum Gasteiger partial charge on any atom is 0.0500 e. The van der Waals surface area contributed by atoms with Gasteiger partial charge in [-0.1, -0.05) is 31.5 Å². The van der Waals surface area contributed by atoms with Crippen molar-refractivity contribution in [2.24, 2.45) is 0 Å². The van der Waals surface area contributed by atoms with Crippen LogP contribution in [0.2, 0.25) is 0 Å². The Morgan fingerprint density at radius 1 is 1.38 bits per heavy atom. The van der Waals surface area contributed by atoms with Gasteiger partial charge in [-0.05, 0) is 18.1 Å². The number of hydrogen-bond donors (Lipinski definition) is 2. The van der Waals surface area contributed by atoms with E-state index in [1.54, 1.807) is 0 Å². The van der Waals surface area contributed by atoms with Crippen LogP contribution in [0.1, 0.15) is 31.2 Å². The number of para-hydroxylation sites is 1. The van der Waals surface area contributed by atoms with Crippen LogP contribution in [0.3, 0.4) is 0 Å². The van der Waals surface area contributed by atoms with Gasteiger partial charge in [0.1, 0.15) is 0 Å². The van der Waals surface area contributed by atoms with Crippen molar-refractivity contribution in [1.82, 2.24) is 0 Å². The minimum atomic E-state index is 0.183. The Hall–Kier alpha value is -1.02. The molecule has 0 aliphatic rings. The van der Waals surface area contributed by atoms with Crippen LogP contribution in [0.4, 0.5) is 5.69 Å². The van der Waals surface area contributed by atoms with Crippen LogP contribution >= 0.6 is 0 Å². The Bertz CT molecular complexity index is 260. The summed E-state index contributed by atoms with van der Waals surface area (Å²) in [6.07, 6.45) is 2.06. The molecule has 0 heterocycles. The number of anilines is 1. The lowest BCUT2D eigenvalue weighted by Gasteiger charge is -2.15. The van der Waals surface area contributed by atoms with Crippen LogP contribution in [-0.4, -0.2) is 11.7 Å². The molecule has 0 fully saturated rings. The van der Waals surface area contributed by atoms with Crippen molar-refractivity contribution < 1.29 is 5.11 Å². The van der Waals surface area contributed by atoms with Gasteiger partial charge in [0.15, 0.2) is 0 Å². The summed E-state index contributed by atoms with van der Waals surface area (Å²) in [5.41, 5.74) is 7.68. The summed E-state index contributed by atoms with van der Waals surface area (Å²) in [5.74, 6) is 0.200. The van der Waals surface area contributed by atoms with E-state index in [4.69, 9.17) is 5.73 Å². The van der Waals surface area contributed by atoms with Crippen molar-refractivity contribution in [1.29, 1.82) is 0 Å². The molecule has 0 radical (unpaired) electrons. The van der Waals surface area contributed by atoms with Crippen LogP contribution < -0.4 is 5.73 Å². The van der Waals surface area contributed by atoms with Gasteiger partial charge in [-0.2, -0.15) is 0 Å². The van der Waals surface area contributed by atoms with Gasteiger partial charge in [0, 0.05) is 11.6 Å². The van der Waals surface area contributed by atoms with Gasteiger partial charge in [-0.15, -0.1) is 0 Å². The maximum atomic E-state index is 9.18. The van der Waals surface area contributed by atoms with Crippen LogP contribution in [0.15, 0.2) is 24.3 Å². The molecule has 2 nitrogen and oxygen atoms in total. The summed E-state index contributed by atoms with van der Waals surface area (Å²) in [5, 5.41) is 9.18. The molecule has 1 unspecified atom stereocenters. The summed E-state index contributed by atoms with van der Waals surface area (Å²) in [7, 11) is 0. The molecule has 2 heteroatoms. The summed E-state index contributed by atoms with van der Waals surface area (Å²) in [4.78, 5) is 0. The van der Waals surface area contributed by atoms with E-state index in [0.717, 1.165) is 24.1 Å². The van der Waals surface area contributed by atoms with Gasteiger partial charge in [0.05, 0.1) is 6.61 Å². The van der Waals surface area contributed by atoms with E-state index in [1.165, 1.54) is 0 Å². The lowest BCUT2D eigenvalue weighted by Crippen LogP contribution is -2.06. The fourth-order valence-electron chi connectivity index (χ4n) is 1.58. The van der Waals surface area contributed by atoms with E-state index in [2.05, 4.69) is 6.92 Å². The van der Waals surface area contributed by atoms with Crippen molar-refractivity contribution in [3.05, 3.63) is 29.8 Å². The highest BCUT2D eigenvalue weighted by molar-refractivity contribution is 5.48. The largest absolute Gasteiger partial charge is 0.398 e. The molecule has 1 aromatic carbocycles. The first-order valence-corrected chi connectivity index (χ1v) is 4.74. The minimum Gasteiger partial charge on any atom is -0.398 e. The van der Waals surface area contributed by atoms with E-state index in [0.29, 0.717) is 0 Å². The second kappa shape index (κ2) is 4.87. The Morgan fingerprint density at radius 2 is 2.08 bits per heavy atom. The zero-order chi connectivity index (χ0) is 9.68. The van der Waals surface area contributed by atoms with Gasteiger partial charge in [0.2, 0.25) is 0 Å². The lowest BCUT2D eigenvalue weighted by molar-refractivity contribution is 0.259. The molecule has 0 spiro atoms. The molecule has 0 aliphatic heterocycles. The molecule has 13 heavy (non-hydrogen) atoms. The van der Waals surface area contributed by atoms with E-state index in [9.17, 15) is 5.11 Å². The number of nitrogen functional groups attached to an aromatic ring is 1. The number of rotatable bonds is 4. The molecule has 0 amide bonds. The fraction of sp³-hybridized carbons (Fsp3) is 0.455. The molecule has 0 saturated heterocycles. The highest BCUT2D eigenvalue weighted by atomic mass is 16.3. The first-order valence-electron chi connectivity index (χ1n) is 4.74. The third kappa shape index (κ3) is 2.46. The Labute approximate surface area is 79.4 Å². The van der Waals surface area contributed by atoms with E-state index in [1.807, 2.05) is 24.3 Å². The smallest absolute Gasteiger partial charge is 0.0500 e. The van der Waals surface area contributed by atoms with Crippen molar-refractivity contribution in [2.75, 3.05) is 12.3 Å². The second-order valence-electron chi connectivity index (χ2n) is 3.30. The maximum absolute atomic E-state index is 9.18. The van der Waals surface area contributed by atoms with Gasteiger partial charge < -0.3 is 10.8 Å². The normalized spacial score (nSPS) is 12.8. The molecule has 1 aromatic rings. The van der Waals surface area contributed by atoms with Crippen LogP contribution in [0, 0.1) is 0 Å². The standard InChI is InChI=1S/C11H17NO/c1-2-5-9(8-13)10-6-3-4-7-11(10)12/h3-4,6-7,9,13H,2,5,8,12H2,1H3. The highest BCUT2D eigenvalue weighted by Gasteiger charge is 2.11. The molecule has 0 aliphatic carbocycles. The van der Waals surface area contributed by atoms with Crippen LogP contribution in [0.5, 0.6) is 0 Å². The summed E-state index contributed by atoms with van der Waals surface area (Å²) in [6.45, 7) is 2.30. The van der Waals surface area contributed by atoms with E-state index in [-0.39, 0.29) is 12.5 Å². The molecule has 1 atom stereocenters. The molecular formula is C11H17NO. The van der Waals surface area contributed by atoms with Crippen molar-refractivity contribution in [2.45, 2.75) is 25.7 Å². The number of aliphatic hydroxyl groups excluding tert-OH is 1. The van der Waals surface area contributed by atoms with E-state index >= 15 is 0 Å². The number of nitrogens with two attached hydrogens (primary N) is 1. The van der Waals surface area contributed by atoms with Gasteiger partial charge in [-0.25, -0.2) is 0 Å². The van der Waals surface area contributed by atoms with Crippen molar-refractivity contribution >= 4 is 5.69 Å². The van der Waals surface area contributed by atoms with Gasteiger partial charge in [-0.3, -0.25) is 0 Å². The highest BCUT2D eigenvalue weighted by Crippen LogP contribution is 2.25. The average Bonchev–Trinajstić information content (AvgIpc) is 2.16. The lowest BCUT2D eigenvalue weighted by atomic mass is 9.94. The zero-order valence-electron chi connectivity index (χ0n) is 8.03. The topological polar surface area (TPSA) is 46.2 Å². The van der Waals surface area contributed by atoms with E-state index < -0.39 is 0 Å². The average molecular weight is 179 g/mol. The zero-order valence-corrected chi connectivity index (χ0v) is 8.03. The second-order valence-corrected chi connectivity index (χ2v) is 3.30.